The summed E-state index contributed by atoms with van der Waals surface area (Å²) < 4.78 is 5.65. The van der Waals surface area contributed by atoms with Crippen LogP contribution < -0.4 is 5.32 Å². The number of carbonyl (C=O) groups is 1. The lowest BCUT2D eigenvalue weighted by atomic mass is 10.1. The van der Waals surface area contributed by atoms with E-state index in [1.54, 1.807) is 18.5 Å². The maximum Gasteiger partial charge on any atom is 0.269 e. The lowest BCUT2D eigenvalue weighted by Gasteiger charge is -2.21. The molecule has 1 aliphatic heterocycles. The molecule has 1 amide bonds. The molecule has 1 atom stereocenters. The lowest BCUT2D eigenvalue weighted by Crippen LogP contribution is -2.23. The standard InChI is InChI=1S/C14H17N5O2/c20-14(11-4-5-18-19-11)17-9-10-7-15-13(16-8-10)12-3-1-2-6-21-12/h4-5,7-8,12H,1-3,6,9H2,(H,17,20)(H,18,19). The van der Waals surface area contributed by atoms with Crippen molar-refractivity contribution in [1.29, 1.82) is 0 Å². The van der Waals surface area contributed by atoms with Crippen LogP contribution in [0.5, 0.6) is 0 Å². The van der Waals surface area contributed by atoms with Gasteiger partial charge in [-0.05, 0) is 25.3 Å². The van der Waals surface area contributed by atoms with E-state index in [0.29, 0.717) is 12.2 Å². The van der Waals surface area contributed by atoms with E-state index in [4.69, 9.17) is 4.74 Å². The van der Waals surface area contributed by atoms with Gasteiger partial charge in [-0.2, -0.15) is 5.10 Å². The van der Waals surface area contributed by atoms with E-state index in [9.17, 15) is 4.79 Å². The molecule has 2 aromatic heterocycles. The van der Waals surface area contributed by atoms with Crippen LogP contribution in [0.3, 0.4) is 0 Å². The second-order valence-corrected chi connectivity index (χ2v) is 4.96. The van der Waals surface area contributed by atoms with Gasteiger partial charge in [0.15, 0.2) is 5.82 Å². The number of ether oxygens (including phenoxy) is 1. The summed E-state index contributed by atoms with van der Waals surface area (Å²) in [5.41, 5.74) is 1.28. The second kappa shape index (κ2) is 6.45. The zero-order valence-electron chi connectivity index (χ0n) is 11.6. The summed E-state index contributed by atoms with van der Waals surface area (Å²) in [5, 5.41) is 9.13. The molecule has 0 spiro atoms. The maximum absolute atomic E-state index is 11.8. The van der Waals surface area contributed by atoms with Crippen LogP contribution in [0, 0.1) is 0 Å². The molecule has 2 N–H and O–H groups in total. The highest BCUT2D eigenvalue weighted by Gasteiger charge is 2.18. The molecule has 0 aromatic carbocycles. The highest BCUT2D eigenvalue weighted by molar-refractivity contribution is 5.91. The van der Waals surface area contributed by atoms with Gasteiger partial charge in [0, 0.05) is 37.3 Å². The van der Waals surface area contributed by atoms with Crippen molar-refractivity contribution in [2.24, 2.45) is 0 Å². The van der Waals surface area contributed by atoms with Crippen LogP contribution in [0.4, 0.5) is 0 Å². The quantitative estimate of drug-likeness (QED) is 0.886. The molecule has 1 saturated heterocycles. The van der Waals surface area contributed by atoms with E-state index in [1.165, 1.54) is 6.20 Å². The molecule has 1 fully saturated rings. The fourth-order valence-electron chi connectivity index (χ4n) is 2.23. The predicted molar refractivity (Wildman–Crippen MR) is 74.3 cm³/mol. The van der Waals surface area contributed by atoms with Crippen LogP contribution in [0.25, 0.3) is 0 Å². The summed E-state index contributed by atoms with van der Waals surface area (Å²) in [5.74, 6) is 0.519. The van der Waals surface area contributed by atoms with Gasteiger partial charge in [-0.3, -0.25) is 9.89 Å². The molecule has 7 nitrogen and oxygen atoms in total. The van der Waals surface area contributed by atoms with E-state index in [0.717, 1.165) is 37.3 Å². The Bertz CT molecular complexity index is 576. The smallest absolute Gasteiger partial charge is 0.269 e. The van der Waals surface area contributed by atoms with E-state index < -0.39 is 0 Å². The van der Waals surface area contributed by atoms with E-state index in [-0.39, 0.29) is 12.0 Å². The normalized spacial score (nSPS) is 18.4. The highest BCUT2D eigenvalue weighted by Crippen LogP contribution is 2.24. The SMILES string of the molecule is O=C(NCc1cnc(C2CCCCO2)nc1)c1ccn[nH]1. The minimum absolute atomic E-state index is 0.00684. The minimum atomic E-state index is -0.202. The monoisotopic (exact) mass is 287 g/mol. The van der Waals surface area contributed by atoms with Crippen molar-refractivity contribution in [3.05, 3.63) is 41.7 Å². The maximum atomic E-state index is 11.8. The van der Waals surface area contributed by atoms with Gasteiger partial charge in [-0.25, -0.2) is 9.97 Å². The first-order chi connectivity index (χ1) is 10.3. The summed E-state index contributed by atoms with van der Waals surface area (Å²) in [6, 6.07) is 1.62. The van der Waals surface area contributed by atoms with Crippen LogP contribution >= 0.6 is 0 Å². The fourth-order valence-corrected chi connectivity index (χ4v) is 2.23. The Morgan fingerprint density at radius 3 is 2.90 bits per heavy atom. The summed E-state index contributed by atoms with van der Waals surface area (Å²) in [4.78, 5) is 20.4. The van der Waals surface area contributed by atoms with Gasteiger partial charge < -0.3 is 10.1 Å². The first kappa shape index (κ1) is 13.7. The van der Waals surface area contributed by atoms with E-state index in [2.05, 4.69) is 25.5 Å². The summed E-state index contributed by atoms with van der Waals surface area (Å²) in [7, 11) is 0. The number of nitrogens with one attached hydrogen (secondary N) is 2. The third kappa shape index (κ3) is 3.43. The molecule has 2 aromatic rings. The van der Waals surface area contributed by atoms with Gasteiger partial charge >= 0.3 is 0 Å². The summed E-state index contributed by atoms with van der Waals surface area (Å²) >= 11 is 0. The predicted octanol–water partition coefficient (Wildman–Crippen LogP) is 1.37. The Labute approximate surface area is 122 Å². The van der Waals surface area contributed by atoms with Crippen molar-refractivity contribution in [3.8, 4) is 0 Å². The van der Waals surface area contributed by atoms with Gasteiger partial charge in [0.05, 0.1) is 0 Å². The lowest BCUT2D eigenvalue weighted by molar-refractivity contribution is 0.00940. The number of aromatic amines is 1. The van der Waals surface area contributed by atoms with Gasteiger partial charge in [-0.15, -0.1) is 0 Å². The number of carbonyl (C=O) groups excluding carboxylic acids is 1. The molecule has 0 radical (unpaired) electrons. The molecule has 0 bridgehead atoms. The van der Waals surface area contributed by atoms with Crippen molar-refractivity contribution < 1.29 is 9.53 Å². The van der Waals surface area contributed by atoms with Crippen LogP contribution in [-0.2, 0) is 11.3 Å². The molecule has 0 aliphatic carbocycles. The Morgan fingerprint density at radius 2 is 2.24 bits per heavy atom. The molecule has 110 valence electrons. The Kier molecular flexibility index (Phi) is 4.20. The zero-order chi connectivity index (χ0) is 14.5. The Balaban J connectivity index is 1.55. The average molecular weight is 287 g/mol. The summed E-state index contributed by atoms with van der Waals surface area (Å²) in [6.07, 6.45) is 8.23. The number of amides is 1. The third-order valence-electron chi connectivity index (χ3n) is 3.39. The van der Waals surface area contributed by atoms with Crippen LogP contribution in [-0.4, -0.2) is 32.7 Å². The minimum Gasteiger partial charge on any atom is -0.370 e. The average Bonchev–Trinajstić information content (AvgIpc) is 3.08. The molecule has 21 heavy (non-hydrogen) atoms. The van der Waals surface area contributed by atoms with Gasteiger partial charge in [0.1, 0.15) is 11.8 Å². The topological polar surface area (TPSA) is 92.8 Å². The number of hydrogen-bond acceptors (Lipinski definition) is 5. The molecular weight excluding hydrogens is 270 g/mol. The first-order valence-corrected chi connectivity index (χ1v) is 7.03. The molecule has 7 heteroatoms. The Morgan fingerprint density at radius 1 is 1.38 bits per heavy atom. The number of aromatic nitrogens is 4. The molecular formula is C14H17N5O2. The van der Waals surface area contributed by atoms with Crippen LogP contribution in [0.15, 0.2) is 24.7 Å². The number of hydrogen-bond donors (Lipinski definition) is 2. The van der Waals surface area contributed by atoms with Crippen molar-refractivity contribution >= 4 is 5.91 Å². The number of nitrogens with zero attached hydrogens (tertiary/aromatic N) is 3. The van der Waals surface area contributed by atoms with Crippen LogP contribution in [0.1, 0.15) is 47.2 Å². The van der Waals surface area contributed by atoms with E-state index in [1.807, 2.05) is 0 Å². The van der Waals surface area contributed by atoms with Gasteiger partial charge in [0.25, 0.3) is 5.91 Å². The van der Waals surface area contributed by atoms with Crippen molar-refractivity contribution in [3.63, 3.8) is 0 Å². The largest absolute Gasteiger partial charge is 0.370 e. The molecule has 3 rings (SSSR count). The fraction of sp³-hybridized carbons (Fsp3) is 0.429. The van der Waals surface area contributed by atoms with Crippen molar-refractivity contribution in [1.82, 2.24) is 25.5 Å². The molecule has 3 heterocycles. The van der Waals surface area contributed by atoms with Gasteiger partial charge in [0.2, 0.25) is 0 Å². The molecule has 1 aliphatic rings. The van der Waals surface area contributed by atoms with Crippen LogP contribution in [0.2, 0.25) is 0 Å². The highest BCUT2D eigenvalue weighted by atomic mass is 16.5. The molecule has 0 saturated carbocycles. The number of rotatable bonds is 4. The zero-order valence-corrected chi connectivity index (χ0v) is 11.6. The number of H-pyrrole nitrogens is 1. The first-order valence-electron chi connectivity index (χ1n) is 7.03. The van der Waals surface area contributed by atoms with Crippen molar-refractivity contribution in [2.75, 3.05) is 6.61 Å². The van der Waals surface area contributed by atoms with E-state index >= 15 is 0 Å². The molecule has 1 unspecified atom stereocenters. The Hall–Kier alpha value is -2.28. The van der Waals surface area contributed by atoms with Crippen molar-refractivity contribution in [2.45, 2.75) is 31.9 Å². The third-order valence-corrected chi connectivity index (χ3v) is 3.39. The second-order valence-electron chi connectivity index (χ2n) is 4.96. The van der Waals surface area contributed by atoms with Gasteiger partial charge in [-0.1, -0.05) is 0 Å². The summed E-state index contributed by atoms with van der Waals surface area (Å²) in [6.45, 7) is 1.15.